The normalized spacial score (nSPS) is 12.3. The monoisotopic (exact) mass is 233 g/mol. The first-order valence-corrected chi connectivity index (χ1v) is 5.94. The van der Waals surface area contributed by atoms with Crippen LogP contribution in [-0.4, -0.2) is 38.0 Å². The molecule has 1 aromatic heterocycles. The summed E-state index contributed by atoms with van der Waals surface area (Å²) in [5, 5.41) is 3.61. The van der Waals surface area contributed by atoms with Crippen LogP contribution in [0.3, 0.4) is 0 Å². The third-order valence-corrected chi connectivity index (χ3v) is 4.18. The van der Waals surface area contributed by atoms with Gasteiger partial charge in [-0.3, -0.25) is 0 Å². The van der Waals surface area contributed by atoms with Gasteiger partial charge in [-0.1, -0.05) is 5.16 Å². The Morgan fingerprint density at radius 2 is 2.07 bits per heavy atom. The van der Waals surface area contributed by atoms with Gasteiger partial charge >= 0.3 is 0 Å². The number of aryl methyl sites for hydroxylation is 2. The molecule has 1 rings (SSSR count). The van der Waals surface area contributed by atoms with Crippen LogP contribution >= 0.6 is 0 Å². The van der Waals surface area contributed by atoms with Crippen molar-refractivity contribution in [1.29, 1.82) is 0 Å². The van der Waals surface area contributed by atoms with Gasteiger partial charge in [0.05, 0.1) is 0 Å². The van der Waals surface area contributed by atoms with E-state index in [0.29, 0.717) is 11.5 Å². The third kappa shape index (κ3) is 2.19. The molecule has 0 radical (unpaired) electrons. The highest BCUT2D eigenvalue weighted by molar-refractivity contribution is 7.89. The number of hydrogen-bond acceptors (Lipinski definition) is 5. The lowest BCUT2D eigenvalue weighted by Gasteiger charge is -2.15. The first kappa shape index (κ1) is 12.2. The summed E-state index contributed by atoms with van der Waals surface area (Å²) < 4.78 is 30.0. The largest absolute Gasteiger partial charge is 0.360 e. The molecule has 0 aliphatic rings. The molecule has 2 N–H and O–H groups in total. The highest BCUT2D eigenvalue weighted by Gasteiger charge is 2.27. The molecule has 0 aliphatic heterocycles. The van der Waals surface area contributed by atoms with Crippen LogP contribution in [-0.2, 0) is 10.0 Å². The Morgan fingerprint density at radius 1 is 1.47 bits per heavy atom. The molecule has 0 spiro atoms. The van der Waals surface area contributed by atoms with E-state index < -0.39 is 10.0 Å². The van der Waals surface area contributed by atoms with Crippen molar-refractivity contribution in [1.82, 2.24) is 9.46 Å². The number of rotatable bonds is 4. The molecule has 0 amide bonds. The molecule has 0 unspecified atom stereocenters. The molecule has 86 valence electrons. The van der Waals surface area contributed by atoms with Crippen molar-refractivity contribution in [3.63, 3.8) is 0 Å². The zero-order chi connectivity index (χ0) is 11.6. The van der Waals surface area contributed by atoms with Crippen LogP contribution < -0.4 is 5.73 Å². The molecular weight excluding hydrogens is 218 g/mol. The minimum absolute atomic E-state index is 0.137. The van der Waals surface area contributed by atoms with Crippen LogP contribution in [0.2, 0.25) is 0 Å². The molecule has 0 fully saturated rings. The quantitative estimate of drug-likeness (QED) is 0.782. The van der Waals surface area contributed by atoms with Crippen molar-refractivity contribution < 1.29 is 12.9 Å². The summed E-state index contributed by atoms with van der Waals surface area (Å²) in [5.41, 5.74) is 5.68. The summed E-state index contributed by atoms with van der Waals surface area (Å²) in [7, 11) is -2.04. The summed E-state index contributed by atoms with van der Waals surface area (Å²) in [6.45, 7) is 3.72. The summed E-state index contributed by atoms with van der Waals surface area (Å²) >= 11 is 0. The number of nitrogens with two attached hydrogens (primary N) is 1. The number of aromatic nitrogens is 1. The van der Waals surface area contributed by atoms with E-state index in [1.165, 1.54) is 11.4 Å². The summed E-state index contributed by atoms with van der Waals surface area (Å²) in [6, 6.07) is 0. The first-order valence-electron chi connectivity index (χ1n) is 4.50. The Morgan fingerprint density at radius 3 is 2.47 bits per heavy atom. The van der Waals surface area contributed by atoms with Gasteiger partial charge in [-0.15, -0.1) is 0 Å². The lowest BCUT2D eigenvalue weighted by molar-refractivity contribution is 0.390. The molecule has 0 bridgehead atoms. The summed E-state index contributed by atoms with van der Waals surface area (Å²) in [6.07, 6.45) is 0. The maximum atomic E-state index is 12.0. The Labute approximate surface area is 89.1 Å². The average Bonchev–Trinajstić information content (AvgIpc) is 2.46. The van der Waals surface area contributed by atoms with Crippen molar-refractivity contribution in [2.45, 2.75) is 18.7 Å². The van der Waals surface area contributed by atoms with E-state index in [9.17, 15) is 8.42 Å². The zero-order valence-electron chi connectivity index (χ0n) is 9.02. The Bertz CT molecular complexity index is 418. The molecule has 1 aromatic rings. The predicted octanol–water partition coefficient (Wildman–Crippen LogP) is -0.129. The maximum absolute atomic E-state index is 12.0. The zero-order valence-corrected chi connectivity index (χ0v) is 9.84. The molecule has 0 aromatic carbocycles. The number of hydrogen-bond donors (Lipinski definition) is 1. The van der Waals surface area contributed by atoms with Gasteiger partial charge in [0.15, 0.2) is 5.76 Å². The molecule has 7 heteroatoms. The van der Waals surface area contributed by atoms with Gasteiger partial charge in [0.25, 0.3) is 0 Å². The fourth-order valence-corrected chi connectivity index (χ4v) is 2.77. The lowest BCUT2D eigenvalue weighted by Crippen LogP contribution is -2.32. The van der Waals surface area contributed by atoms with Gasteiger partial charge in [-0.25, -0.2) is 8.42 Å². The molecular formula is C8H15N3O3S. The van der Waals surface area contributed by atoms with Gasteiger partial charge in [-0.2, -0.15) is 4.31 Å². The third-order valence-electron chi connectivity index (χ3n) is 2.08. The highest BCUT2D eigenvalue weighted by atomic mass is 32.2. The molecule has 6 nitrogen and oxygen atoms in total. The number of likely N-dealkylation sites (N-methyl/N-ethyl adjacent to an activating group) is 1. The molecule has 1 heterocycles. The van der Waals surface area contributed by atoms with Crippen LogP contribution in [0.1, 0.15) is 11.5 Å². The SMILES string of the molecule is Cc1noc(C)c1S(=O)(=O)N(C)CCN. The van der Waals surface area contributed by atoms with E-state index in [-0.39, 0.29) is 18.0 Å². The van der Waals surface area contributed by atoms with E-state index >= 15 is 0 Å². The van der Waals surface area contributed by atoms with Gasteiger partial charge in [-0.05, 0) is 13.8 Å². The Kier molecular flexibility index (Phi) is 3.48. The van der Waals surface area contributed by atoms with E-state index in [1.807, 2.05) is 0 Å². The van der Waals surface area contributed by atoms with Crippen molar-refractivity contribution in [3.05, 3.63) is 11.5 Å². The fourth-order valence-electron chi connectivity index (χ4n) is 1.30. The van der Waals surface area contributed by atoms with Gasteiger partial charge < -0.3 is 10.3 Å². The predicted molar refractivity (Wildman–Crippen MR) is 54.8 cm³/mol. The van der Waals surface area contributed by atoms with Gasteiger partial charge in [0.2, 0.25) is 10.0 Å². The topological polar surface area (TPSA) is 89.4 Å². The van der Waals surface area contributed by atoms with Gasteiger partial charge in [0.1, 0.15) is 10.6 Å². The van der Waals surface area contributed by atoms with Gasteiger partial charge in [0, 0.05) is 20.1 Å². The van der Waals surface area contributed by atoms with E-state index in [4.69, 9.17) is 10.3 Å². The average molecular weight is 233 g/mol. The fraction of sp³-hybridized carbons (Fsp3) is 0.625. The number of sulfonamides is 1. The second kappa shape index (κ2) is 4.30. The van der Waals surface area contributed by atoms with Crippen LogP contribution in [0, 0.1) is 13.8 Å². The van der Waals surface area contributed by atoms with E-state index in [2.05, 4.69) is 5.16 Å². The second-order valence-corrected chi connectivity index (χ2v) is 5.25. The van der Waals surface area contributed by atoms with Crippen molar-refractivity contribution >= 4 is 10.0 Å². The highest BCUT2D eigenvalue weighted by Crippen LogP contribution is 2.21. The summed E-state index contributed by atoms with van der Waals surface area (Å²) in [5.74, 6) is 0.302. The van der Waals surface area contributed by atoms with Crippen LogP contribution in [0.5, 0.6) is 0 Å². The molecule has 0 aliphatic carbocycles. The molecule has 0 saturated heterocycles. The Balaban J connectivity index is 3.17. The van der Waals surface area contributed by atoms with Crippen LogP contribution in [0.15, 0.2) is 9.42 Å². The number of nitrogens with zero attached hydrogens (tertiary/aromatic N) is 2. The van der Waals surface area contributed by atoms with E-state index in [0.717, 1.165) is 0 Å². The van der Waals surface area contributed by atoms with Crippen LogP contribution in [0.4, 0.5) is 0 Å². The smallest absolute Gasteiger partial charge is 0.248 e. The van der Waals surface area contributed by atoms with Crippen LogP contribution in [0.25, 0.3) is 0 Å². The van der Waals surface area contributed by atoms with Crippen molar-refractivity contribution in [2.75, 3.05) is 20.1 Å². The first-order chi connectivity index (χ1) is 6.91. The molecule has 0 saturated carbocycles. The summed E-state index contributed by atoms with van der Waals surface area (Å²) in [4.78, 5) is 0.137. The standard InChI is InChI=1S/C8H15N3O3S/c1-6-8(7(2)14-10-6)15(12,13)11(3)5-4-9/h4-5,9H2,1-3H3. The van der Waals surface area contributed by atoms with Crippen molar-refractivity contribution in [3.8, 4) is 0 Å². The minimum atomic E-state index is -3.52. The lowest BCUT2D eigenvalue weighted by atomic mass is 10.4. The van der Waals surface area contributed by atoms with E-state index in [1.54, 1.807) is 13.8 Å². The minimum Gasteiger partial charge on any atom is -0.360 e. The Hall–Kier alpha value is -0.920. The second-order valence-electron chi connectivity index (χ2n) is 3.27. The van der Waals surface area contributed by atoms with Crippen molar-refractivity contribution in [2.24, 2.45) is 5.73 Å². The molecule has 0 atom stereocenters. The molecule has 15 heavy (non-hydrogen) atoms. The maximum Gasteiger partial charge on any atom is 0.248 e.